The first kappa shape index (κ1) is 19.2. The standard InChI is InChI=1S/C15H19ClN4O2S.ClH/c1-19-15(14(16)8-18-19)23(21,22)20-9-12(7-17)13(10-20)11-5-3-2-4-6-11;/h2-6,8,12-13H,7,9-10,17H2,1H3;1H/t12-,13+;/m1./s1. The summed E-state index contributed by atoms with van der Waals surface area (Å²) < 4.78 is 28.6. The molecule has 132 valence electrons. The summed E-state index contributed by atoms with van der Waals surface area (Å²) in [7, 11) is -2.12. The molecular formula is C15H20Cl2N4O2S. The maximum atomic E-state index is 12.9. The lowest BCUT2D eigenvalue weighted by Crippen LogP contribution is -2.31. The number of aryl methyl sites for hydroxylation is 1. The van der Waals surface area contributed by atoms with Gasteiger partial charge in [0, 0.05) is 26.1 Å². The minimum absolute atomic E-state index is 0. The quantitative estimate of drug-likeness (QED) is 0.863. The molecule has 9 heteroatoms. The number of halogens is 2. The normalized spacial score (nSPS) is 21.6. The van der Waals surface area contributed by atoms with Gasteiger partial charge in [-0.05, 0) is 18.0 Å². The van der Waals surface area contributed by atoms with Crippen molar-refractivity contribution in [2.24, 2.45) is 18.7 Å². The summed E-state index contributed by atoms with van der Waals surface area (Å²) in [6, 6.07) is 9.89. The monoisotopic (exact) mass is 390 g/mol. The van der Waals surface area contributed by atoms with Crippen LogP contribution in [0.25, 0.3) is 0 Å². The molecule has 2 aromatic rings. The Morgan fingerprint density at radius 2 is 1.96 bits per heavy atom. The lowest BCUT2D eigenvalue weighted by molar-refractivity contribution is 0.451. The van der Waals surface area contributed by atoms with Crippen molar-refractivity contribution in [1.29, 1.82) is 0 Å². The van der Waals surface area contributed by atoms with Crippen LogP contribution in [0.5, 0.6) is 0 Å². The van der Waals surface area contributed by atoms with Gasteiger partial charge in [-0.3, -0.25) is 4.68 Å². The highest BCUT2D eigenvalue weighted by Crippen LogP contribution is 2.36. The van der Waals surface area contributed by atoms with Gasteiger partial charge in [0.25, 0.3) is 10.0 Å². The van der Waals surface area contributed by atoms with Crippen LogP contribution in [0.4, 0.5) is 0 Å². The molecule has 2 atom stereocenters. The van der Waals surface area contributed by atoms with Crippen molar-refractivity contribution in [3.05, 3.63) is 47.1 Å². The molecular weight excluding hydrogens is 371 g/mol. The summed E-state index contributed by atoms with van der Waals surface area (Å²) in [5.41, 5.74) is 6.99. The second-order valence-electron chi connectivity index (χ2n) is 5.76. The SMILES string of the molecule is Cl.Cn1ncc(Cl)c1S(=O)(=O)N1C[C@@H](CN)[C@H](c2ccccc2)C1. The van der Waals surface area contributed by atoms with Crippen LogP contribution in [0.1, 0.15) is 11.5 Å². The molecule has 1 fully saturated rings. The van der Waals surface area contributed by atoms with Gasteiger partial charge in [-0.25, -0.2) is 8.42 Å². The molecule has 1 aliphatic heterocycles. The van der Waals surface area contributed by atoms with E-state index < -0.39 is 10.0 Å². The highest BCUT2D eigenvalue weighted by Gasteiger charge is 2.41. The number of benzene rings is 1. The maximum Gasteiger partial charge on any atom is 0.261 e. The van der Waals surface area contributed by atoms with Crippen molar-refractivity contribution in [3.63, 3.8) is 0 Å². The predicted molar refractivity (Wildman–Crippen MR) is 96.0 cm³/mol. The van der Waals surface area contributed by atoms with Crippen molar-refractivity contribution < 1.29 is 8.42 Å². The molecule has 1 aromatic heterocycles. The van der Waals surface area contributed by atoms with E-state index in [2.05, 4.69) is 5.10 Å². The van der Waals surface area contributed by atoms with Crippen molar-refractivity contribution >= 4 is 34.0 Å². The minimum Gasteiger partial charge on any atom is -0.330 e. The Hall–Kier alpha value is -1.12. The molecule has 0 spiro atoms. The lowest BCUT2D eigenvalue weighted by atomic mass is 9.89. The van der Waals surface area contributed by atoms with Crippen LogP contribution in [-0.4, -0.2) is 42.1 Å². The highest BCUT2D eigenvalue weighted by molar-refractivity contribution is 7.89. The van der Waals surface area contributed by atoms with E-state index in [1.807, 2.05) is 30.3 Å². The van der Waals surface area contributed by atoms with Crippen LogP contribution in [0.2, 0.25) is 5.02 Å². The molecule has 2 N–H and O–H groups in total. The van der Waals surface area contributed by atoms with E-state index >= 15 is 0 Å². The van der Waals surface area contributed by atoms with Crippen molar-refractivity contribution in [1.82, 2.24) is 14.1 Å². The van der Waals surface area contributed by atoms with Crippen LogP contribution in [-0.2, 0) is 17.1 Å². The smallest absolute Gasteiger partial charge is 0.261 e. The van der Waals surface area contributed by atoms with E-state index in [-0.39, 0.29) is 34.3 Å². The molecule has 0 radical (unpaired) electrons. The molecule has 1 aliphatic rings. The first-order chi connectivity index (χ1) is 10.9. The van der Waals surface area contributed by atoms with Gasteiger partial charge in [0.05, 0.1) is 11.2 Å². The Morgan fingerprint density at radius 1 is 1.29 bits per heavy atom. The second-order valence-corrected chi connectivity index (χ2v) is 8.02. The van der Waals surface area contributed by atoms with E-state index in [9.17, 15) is 8.42 Å². The Morgan fingerprint density at radius 3 is 2.50 bits per heavy atom. The molecule has 0 bridgehead atoms. The number of hydrogen-bond donors (Lipinski definition) is 1. The molecule has 1 aromatic carbocycles. The molecule has 3 rings (SSSR count). The van der Waals surface area contributed by atoms with E-state index in [1.54, 1.807) is 7.05 Å². The van der Waals surface area contributed by atoms with E-state index in [4.69, 9.17) is 17.3 Å². The number of nitrogens with zero attached hydrogens (tertiary/aromatic N) is 3. The molecule has 0 amide bonds. The summed E-state index contributed by atoms with van der Waals surface area (Å²) >= 11 is 6.02. The Balaban J connectivity index is 0.00000208. The third kappa shape index (κ3) is 3.32. The van der Waals surface area contributed by atoms with Gasteiger partial charge < -0.3 is 5.73 Å². The van der Waals surface area contributed by atoms with Gasteiger partial charge in [-0.2, -0.15) is 9.40 Å². The summed E-state index contributed by atoms with van der Waals surface area (Å²) in [6.45, 7) is 1.22. The van der Waals surface area contributed by atoms with Gasteiger partial charge in [-0.15, -0.1) is 12.4 Å². The molecule has 0 aliphatic carbocycles. The highest BCUT2D eigenvalue weighted by atomic mass is 35.5. The Labute approximate surface area is 153 Å². The summed E-state index contributed by atoms with van der Waals surface area (Å²) in [5, 5.41) is 4.09. The number of rotatable bonds is 4. The average Bonchev–Trinajstić information content (AvgIpc) is 3.12. The Kier molecular flexibility index (Phi) is 5.93. The van der Waals surface area contributed by atoms with Gasteiger partial charge in [-0.1, -0.05) is 41.9 Å². The van der Waals surface area contributed by atoms with Crippen molar-refractivity contribution in [2.75, 3.05) is 19.6 Å². The first-order valence-corrected chi connectivity index (χ1v) is 9.19. The zero-order chi connectivity index (χ0) is 16.6. The maximum absolute atomic E-state index is 12.9. The molecule has 24 heavy (non-hydrogen) atoms. The second kappa shape index (κ2) is 7.41. The van der Waals surface area contributed by atoms with Gasteiger partial charge >= 0.3 is 0 Å². The van der Waals surface area contributed by atoms with Crippen LogP contribution in [0.15, 0.2) is 41.6 Å². The summed E-state index contributed by atoms with van der Waals surface area (Å²) in [4.78, 5) is 0. The first-order valence-electron chi connectivity index (χ1n) is 7.37. The molecule has 2 heterocycles. The third-order valence-corrected chi connectivity index (χ3v) is 6.70. The largest absolute Gasteiger partial charge is 0.330 e. The molecule has 6 nitrogen and oxygen atoms in total. The fourth-order valence-corrected chi connectivity index (χ4v) is 5.28. The van der Waals surface area contributed by atoms with Crippen LogP contribution in [0, 0.1) is 5.92 Å². The number of hydrogen-bond acceptors (Lipinski definition) is 4. The molecule has 0 saturated carbocycles. The van der Waals surface area contributed by atoms with Crippen LogP contribution in [0.3, 0.4) is 0 Å². The average molecular weight is 391 g/mol. The number of nitrogens with two attached hydrogens (primary N) is 1. The van der Waals surface area contributed by atoms with Gasteiger partial charge in [0.2, 0.25) is 0 Å². The van der Waals surface area contributed by atoms with Gasteiger partial charge in [0.1, 0.15) is 0 Å². The van der Waals surface area contributed by atoms with E-state index in [1.165, 1.54) is 15.2 Å². The van der Waals surface area contributed by atoms with Gasteiger partial charge in [0.15, 0.2) is 5.03 Å². The molecule has 0 unspecified atom stereocenters. The van der Waals surface area contributed by atoms with Crippen molar-refractivity contribution in [2.45, 2.75) is 10.9 Å². The fraction of sp³-hybridized carbons (Fsp3) is 0.400. The minimum atomic E-state index is -3.69. The van der Waals surface area contributed by atoms with Crippen LogP contribution < -0.4 is 5.73 Å². The third-order valence-electron chi connectivity index (χ3n) is 4.36. The zero-order valence-corrected chi connectivity index (χ0v) is 15.6. The van der Waals surface area contributed by atoms with Crippen LogP contribution >= 0.6 is 24.0 Å². The van der Waals surface area contributed by atoms with E-state index in [0.29, 0.717) is 19.6 Å². The predicted octanol–water partition coefficient (Wildman–Crippen LogP) is 1.86. The molecule has 1 saturated heterocycles. The summed E-state index contributed by atoms with van der Waals surface area (Å²) in [6.07, 6.45) is 1.35. The topological polar surface area (TPSA) is 81.2 Å². The Bertz CT molecular complexity index is 776. The number of sulfonamides is 1. The fourth-order valence-electron chi connectivity index (χ4n) is 3.16. The van der Waals surface area contributed by atoms with E-state index in [0.717, 1.165) is 5.56 Å². The lowest BCUT2D eigenvalue weighted by Gasteiger charge is -2.17. The van der Waals surface area contributed by atoms with Crippen molar-refractivity contribution in [3.8, 4) is 0 Å². The zero-order valence-electron chi connectivity index (χ0n) is 13.2. The number of aromatic nitrogens is 2. The summed E-state index contributed by atoms with van der Waals surface area (Å²) in [5.74, 6) is 0.169.